The second kappa shape index (κ2) is 16.7. The van der Waals surface area contributed by atoms with E-state index in [1.54, 1.807) is 0 Å². The Kier molecular flexibility index (Phi) is 12.2. The van der Waals surface area contributed by atoms with Crippen molar-refractivity contribution in [2.24, 2.45) is 0 Å². The summed E-state index contributed by atoms with van der Waals surface area (Å²) in [6.45, 7) is -5.97. The van der Waals surface area contributed by atoms with Gasteiger partial charge in [-0.25, -0.2) is 33.1 Å². The fourth-order valence-corrected chi connectivity index (χ4v) is 9.33. The van der Waals surface area contributed by atoms with E-state index >= 15 is 8.78 Å². The maximum absolute atomic E-state index is 16.3. The SMILES string of the molecule is O=C(CCCCCN1C(=O)CC(S)C1=O)Nc1ncnc2c1ncn2[C@@H]1O[C@@H]2COP(O)(=S)O[C@H]3[C@@H](F)[C@H](n4ccc(=O)[nH]c4=O)O[C@@H]3COP(=O)(O)O[C@H]2[C@H]1F. The number of aromatic nitrogens is 6. The highest BCUT2D eigenvalue weighted by molar-refractivity contribution is 8.07. The molecule has 310 valence electrons. The Bertz CT molecular complexity index is 2270. The second-order valence-electron chi connectivity index (χ2n) is 13.2. The van der Waals surface area contributed by atoms with Crippen LogP contribution in [0.25, 0.3) is 11.2 Å². The minimum Gasteiger partial charge on any atom is -0.346 e. The van der Waals surface area contributed by atoms with E-state index in [0.29, 0.717) is 23.8 Å². The van der Waals surface area contributed by atoms with Gasteiger partial charge in [-0.3, -0.25) is 51.8 Å². The molecular formula is C29H34F2N8O14P2S2. The third-order valence-corrected chi connectivity index (χ3v) is 12.3. The quantitative estimate of drug-likeness (QED) is 0.0849. The van der Waals surface area contributed by atoms with Crippen molar-refractivity contribution in [1.82, 2.24) is 34.0 Å². The molecule has 3 amide bonds. The normalized spacial score (nSPS) is 34.8. The number of unbranched alkanes of at least 4 members (excludes halogenated alkanes) is 2. The van der Waals surface area contributed by atoms with Crippen LogP contribution in [-0.2, 0) is 58.3 Å². The fraction of sp³-hybridized carbons (Fsp3) is 0.586. The van der Waals surface area contributed by atoms with Crippen molar-refractivity contribution in [2.75, 3.05) is 25.1 Å². The number of ether oxygens (including phenoxy) is 2. The van der Waals surface area contributed by atoms with Crippen molar-refractivity contribution in [1.29, 1.82) is 0 Å². The minimum absolute atomic E-state index is 0.0192. The zero-order chi connectivity index (χ0) is 40.8. The van der Waals surface area contributed by atoms with Crippen LogP contribution in [-0.4, -0.2) is 123 Å². The zero-order valence-corrected chi connectivity index (χ0v) is 32.6. The van der Waals surface area contributed by atoms with Crippen molar-refractivity contribution >= 4 is 73.7 Å². The van der Waals surface area contributed by atoms with Crippen molar-refractivity contribution in [2.45, 2.75) is 86.6 Å². The van der Waals surface area contributed by atoms with Gasteiger partial charge in [0, 0.05) is 31.6 Å². The van der Waals surface area contributed by atoms with Crippen LogP contribution in [0.4, 0.5) is 14.6 Å². The van der Waals surface area contributed by atoms with Crippen molar-refractivity contribution < 1.29 is 65.1 Å². The summed E-state index contributed by atoms with van der Waals surface area (Å²) in [5, 5.41) is 1.99. The molecule has 4 aliphatic heterocycles. The van der Waals surface area contributed by atoms with Crippen LogP contribution >= 0.6 is 27.2 Å². The van der Waals surface area contributed by atoms with Crippen molar-refractivity contribution in [3.05, 3.63) is 45.8 Å². The number of nitrogens with zero attached hydrogens (tertiary/aromatic N) is 6. The number of nitrogens with one attached hydrogen (secondary N) is 2. The molecular weight excluding hydrogens is 848 g/mol. The minimum atomic E-state index is -5.22. The van der Waals surface area contributed by atoms with Crippen LogP contribution in [0.2, 0.25) is 0 Å². The molecule has 7 rings (SSSR count). The molecule has 4 N–H and O–H groups in total. The predicted octanol–water partition coefficient (Wildman–Crippen LogP) is 0.538. The summed E-state index contributed by atoms with van der Waals surface area (Å²) >= 11 is 9.18. The van der Waals surface area contributed by atoms with E-state index < -0.39 is 99.4 Å². The molecule has 0 bridgehead atoms. The number of aromatic amines is 1. The zero-order valence-electron chi connectivity index (χ0n) is 29.1. The number of rotatable bonds is 9. The van der Waals surface area contributed by atoms with Crippen LogP contribution in [0.3, 0.4) is 0 Å². The number of carbonyl (C=O) groups excluding carboxylic acids is 3. The number of carbonyl (C=O) groups is 3. The number of amides is 3. The summed E-state index contributed by atoms with van der Waals surface area (Å²) in [6, 6.07) is 0.919. The third-order valence-electron chi connectivity index (χ3n) is 9.37. The molecule has 28 heteroatoms. The molecule has 0 spiro atoms. The number of phosphoric acid groups is 1. The van der Waals surface area contributed by atoms with Gasteiger partial charge in [0.05, 0.1) is 24.8 Å². The Morgan fingerprint density at radius 2 is 1.67 bits per heavy atom. The molecule has 0 radical (unpaired) electrons. The second-order valence-corrected chi connectivity index (χ2v) is 18.0. The first-order valence-electron chi connectivity index (χ1n) is 17.2. The molecule has 4 aliphatic rings. The van der Waals surface area contributed by atoms with Gasteiger partial charge in [-0.15, -0.1) is 0 Å². The fourth-order valence-electron chi connectivity index (χ4n) is 6.64. The van der Waals surface area contributed by atoms with Gasteiger partial charge < -0.3 is 29.1 Å². The average Bonchev–Trinajstić information content (AvgIpc) is 3.86. The highest BCUT2D eigenvalue weighted by Crippen LogP contribution is 2.54. The third kappa shape index (κ3) is 8.96. The van der Waals surface area contributed by atoms with E-state index in [9.17, 15) is 38.3 Å². The first kappa shape index (κ1) is 41.8. The lowest BCUT2D eigenvalue weighted by molar-refractivity contribution is -0.138. The predicted molar refractivity (Wildman–Crippen MR) is 193 cm³/mol. The molecule has 4 saturated heterocycles. The van der Waals surface area contributed by atoms with Crippen LogP contribution in [0, 0.1) is 0 Å². The molecule has 4 fully saturated rings. The van der Waals surface area contributed by atoms with Gasteiger partial charge in [-0.1, -0.05) is 6.42 Å². The van der Waals surface area contributed by atoms with Gasteiger partial charge in [-0.05, 0) is 24.6 Å². The number of halogens is 2. The summed E-state index contributed by atoms with van der Waals surface area (Å²) in [7, 11) is -5.22. The van der Waals surface area contributed by atoms with E-state index in [0.717, 1.165) is 34.4 Å². The van der Waals surface area contributed by atoms with Crippen LogP contribution in [0.1, 0.15) is 44.6 Å². The van der Waals surface area contributed by atoms with Crippen molar-refractivity contribution in [3.8, 4) is 0 Å². The summed E-state index contributed by atoms with van der Waals surface area (Å²) in [5.74, 6) is -1.08. The Hall–Kier alpha value is -3.39. The van der Waals surface area contributed by atoms with Gasteiger partial charge in [-0.2, -0.15) is 12.6 Å². The number of imidazole rings is 1. The molecule has 3 aromatic heterocycles. The Balaban J connectivity index is 1.02. The summed E-state index contributed by atoms with van der Waals surface area (Å²) in [4.78, 5) is 97.6. The number of imide groups is 1. The average molecular weight is 883 g/mol. The molecule has 3 unspecified atom stereocenters. The monoisotopic (exact) mass is 882 g/mol. The molecule has 0 aliphatic carbocycles. The lowest BCUT2D eigenvalue weighted by Gasteiger charge is -2.28. The molecule has 7 heterocycles. The molecule has 3 aromatic rings. The van der Waals surface area contributed by atoms with Gasteiger partial charge in [0.15, 0.2) is 41.8 Å². The maximum Gasteiger partial charge on any atom is 0.472 e. The standard InChI is InChI=1S/C29H34F2N8O14P2S2/c30-19-22-14(10-49-55(47,57)53-23-13(9-48-54(45,46)52-22)50-27(20(23)31)38-7-5-17(41)36-29(38)44)51-28(19)39-12-34-21-24(32-11-33-25(21)39)35-16(40)4-2-1-3-6-37-18(42)8-15(56)26(37)43/h5,7,11-15,19-20,22-23,27-28,56H,1-4,6,8-10H2,(H,45,46)(H,47,57)(H,36,41,44)(H,32,33,35,40)/t13-,14-,15?,19-,20-,22-,23-,27-,28-,55?/m1/s1. The largest absolute Gasteiger partial charge is 0.472 e. The number of fused-ring (bicyclic) bond motifs is 3. The highest BCUT2D eigenvalue weighted by Gasteiger charge is 2.54. The lowest BCUT2D eigenvalue weighted by Crippen LogP contribution is -2.38. The molecule has 0 aromatic carbocycles. The Morgan fingerprint density at radius 3 is 2.35 bits per heavy atom. The van der Waals surface area contributed by atoms with Gasteiger partial charge >= 0.3 is 20.2 Å². The Morgan fingerprint density at radius 1 is 0.982 bits per heavy atom. The number of phosphoric ester groups is 1. The van der Waals surface area contributed by atoms with Crippen LogP contribution in [0.5, 0.6) is 0 Å². The summed E-state index contributed by atoms with van der Waals surface area (Å²) in [6.07, 6.45) is -10.2. The lowest BCUT2D eigenvalue weighted by atomic mass is 10.1. The van der Waals surface area contributed by atoms with Gasteiger partial charge in [0.2, 0.25) is 17.7 Å². The number of hydrogen-bond acceptors (Lipinski definition) is 17. The first-order valence-corrected chi connectivity index (χ1v) is 21.8. The van der Waals surface area contributed by atoms with Crippen LogP contribution in [0.15, 0.2) is 34.5 Å². The Labute approximate surface area is 329 Å². The molecule has 11 atom stereocenters. The number of hydrogen-bond donors (Lipinski definition) is 5. The highest BCUT2D eigenvalue weighted by atomic mass is 32.5. The van der Waals surface area contributed by atoms with E-state index in [-0.39, 0.29) is 48.2 Å². The van der Waals surface area contributed by atoms with E-state index in [4.69, 9.17) is 39.4 Å². The smallest absolute Gasteiger partial charge is 0.346 e. The van der Waals surface area contributed by atoms with Crippen LogP contribution < -0.4 is 16.6 Å². The topological polar surface area (TPSA) is 278 Å². The number of alkyl halides is 2. The van der Waals surface area contributed by atoms with E-state index in [1.807, 2.05) is 4.98 Å². The maximum atomic E-state index is 16.3. The van der Waals surface area contributed by atoms with Crippen molar-refractivity contribution in [3.63, 3.8) is 0 Å². The number of anilines is 1. The summed E-state index contributed by atoms with van der Waals surface area (Å²) in [5.41, 5.74) is -1.83. The summed E-state index contributed by atoms with van der Waals surface area (Å²) < 4.78 is 79.4. The van der Waals surface area contributed by atoms with Gasteiger partial charge in [0.25, 0.3) is 5.56 Å². The van der Waals surface area contributed by atoms with Gasteiger partial charge in [0.1, 0.15) is 30.7 Å². The molecule has 22 nitrogen and oxygen atoms in total. The molecule has 57 heavy (non-hydrogen) atoms. The number of likely N-dealkylation sites (tertiary alicyclic amines) is 1. The number of thiol groups is 1. The number of H-pyrrole nitrogens is 1. The first-order chi connectivity index (χ1) is 27.0. The van der Waals surface area contributed by atoms with E-state index in [2.05, 4.69) is 32.9 Å². The molecule has 0 saturated carbocycles. The van der Waals surface area contributed by atoms with E-state index in [1.165, 1.54) is 0 Å².